The molecule has 2 saturated heterocycles. The molecule has 10 heteroatoms. The molecule has 2 aliphatic rings. The molecule has 1 aromatic heterocycles. The molecule has 7 nitrogen and oxygen atoms in total. The van der Waals surface area contributed by atoms with Gasteiger partial charge in [-0.3, -0.25) is 4.79 Å². The molecule has 2 fully saturated rings. The van der Waals surface area contributed by atoms with Crippen LogP contribution in [0.25, 0.3) is 0 Å². The molecule has 0 bridgehead atoms. The van der Waals surface area contributed by atoms with Crippen molar-refractivity contribution in [1.29, 1.82) is 0 Å². The number of halogens is 1. The minimum Gasteiger partial charge on any atom is -0.340 e. The van der Waals surface area contributed by atoms with E-state index >= 15 is 0 Å². The summed E-state index contributed by atoms with van der Waals surface area (Å²) < 4.78 is 27.7. The standard InChI is InChI=1S/C16H26N4O3S2.ClH/c21-15(20-11-6-17-7-12-20)5-10-19-8-3-14(4-9-19)18-25(22,23)16-2-1-13-24-16;/h1-2,13-14,17-18H,3-12H2;1H. The molecule has 0 atom stereocenters. The highest BCUT2D eigenvalue weighted by Gasteiger charge is 2.25. The van der Waals surface area contributed by atoms with Gasteiger partial charge in [-0.05, 0) is 37.4 Å². The van der Waals surface area contributed by atoms with E-state index in [9.17, 15) is 13.2 Å². The van der Waals surface area contributed by atoms with E-state index in [1.165, 1.54) is 11.3 Å². The van der Waals surface area contributed by atoms with E-state index in [1.54, 1.807) is 17.5 Å². The van der Waals surface area contributed by atoms with Gasteiger partial charge in [0, 0.05) is 45.2 Å². The van der Waals surface area contributed by atoms with Gasteiger partial charge in [0.25, 0.3) is 0 Å². The maximum absolute atomic E-state index is 12.3. The normalized spacial score (nSPS) is 19.9. The van der Waals surface area contributed by atoms with Crippen molar-refractivity contribution < 1.29 is 13.2 Å². The summed E-state index contributed by atoms with van der Waals surface area (Å²) in [5.41, 5.74) is 0. The Bertz CT molecular complexity index is 655. The lowest BCUT2D eigenvalue weighted by Crippen LogP contribution is -2.48. The fraction of sp³-hybridized carbons (Fsp3) is 0.688. The second-order valence-corrected chi connectivity index (χ2v) is 9.44. The topological polar surface area (TPSA) is 81.8 Å². The van der Waals surface area contributed by atoms with Crippen molar-refractivity contribution in [3.05, 3.63) is 17.5 Å². The molecular weight excluding hydrogens is 396 g/mol. The molecule has 1 aromatic rings. The van der Waals surface area contributed by atoms with Crippen LogP contribution in [0.2, 0.25) is 0 Å². The Hall–Kier alpha value is -0.710. The number of thiophene rings is 1. The Kier molecular flexibility index (Phi) is 8.31. The lowest BCUT2D eigenvalue weighted by Gasteiger charge is -2.33. The number of piperazine rings is 1. The highest BCUT2D eigenvalue weighted by atomic mass is 35.5. The first-order valence-electron chi connectivity index (χ1n) is 8.81. The van der Waals surface area contributed by atoms with Crippen molar-refractivity contribution in [1.82, 2.24) is 19.8 Å². The number of piperidine rings is 1. The number of hydrogen-bond acceptors (Lipinski definition) is 6. The number of amides is 1. The summed E-state index contributed by atoms with van der Waals surface area (Å²) in [6.07, 6.45) is 2.12. The Balaban J connectivity index is 0.00000243. The number of sulfonamides is 1. The molecule has 2 aliphatic heterocycles. The van der Waals surface area contributed by atoms with Crippen LogP contribution in [0.1, 0.15) is 19.3 Å². The van der Waals surface area contributed by atoms with Crippen molar-refractivity contribution >= 4 is 39.7 Å². The number of nitrogens with zero attached hydrogens (tertiary/aromatic N) is 2. The van der Waals surface area contributed by atoms with Gasteiger partial charge in [0.15, 0.2) is 0 Å². The first-order chi connectivity index (χ1) is 12.0. The summed E-state index contributed by atoms with van der Waals surface area (Å²) >= 11 is 1.24. The fourth-order valence-electron chi connectivity index (χ4n) is 3.29. The summed E-state index contributed by atoms with van der Waals surface area (Å²) in [7, 11) is -3.39. The predicted octanol–water partition coefficient (Wildman–Crippen LogP) is 0.735. The second-order valence-electron chi connectivity index (χ2n) is 6.55. The third-order valence-electron chi connectivity index (χ3n) is 4.78. The number of hydrogen-bond donors (Lipinski definition) is 2. The summed E-state index contributed by atoms with van der Waals surface area (Å²) in [4.78, 5) is 16.4. The Morgan fingerprint density at radius 2 is 1.92 bits per heavy atom. The van der Waals surface area contributed by atoms with Gasteiger partial charge < -0.3 is 15.1 Å². The Morgan fingerprint density at radius 1 is 1.23 bits per heavy atom. The molecule has 2 N–H and O–H groups in total. The van der Waals surface area contributed by atoms with Crippen LogP contribution in [-0.2, 0) is 14.8 Å². The van der Waals surface area contributed by atoms with Crippen LogP contribution in [0, 0.1) is 0 Å². The van der Waals surface area contributed by atoms with Gasteiger partial charge in [0.05, 0.1) is 0 Å². The molecule has 0 aromatic carbocycles. The zero-order valence-corrected chi connectivity index (χ0v) is 17.2. The van der Waals surface area contributed by atoms with E-state index in [0.29, 0.717) is 10.6 Å². The number of carbonyl (C=O) groups is 1. The maximum Gasteiger partial charge on any atom is 0.250 e. The molecule has 0 aliphatic carbocycles. The molecule has 3 rings (SSSR count). The first-order valence-corrected chi connectivity index (χ1v) is 11.2. The van der Waals surface area contributed by atoms with Crippen molar-refractivity contribution in [3.8, 4) is 0 Å². The highest BCUT2D eigenvalue weighted by Crippen LogP contribution is 2.18. The molecule has 26 heavy (non-hydrogen) atoms. The van der Waals surface area contributed by atoms with Crippen LogP contribution in [0.3, 0.4) is 0 Å². The lowest BCUT2D eigenvalue weighted by molar-refractivity contribution is -0.132. The summed E-state index contributed by atoms with van der Waals surface area (Å²) in [6.45, 7) is 5.76. The molecule has 3 heterocycles. The smallest absolute Gasteiger partial charge is 0.250 e. The van der Waals surface area contributed by atoms with E-state index in [2.05, 4.69) is 14.9 Å². The largest absolute Gasteiger partial charge is 0.340 e. The number of likely N-dealkylation sites (tertiary alicyclic amines) is 1. The van der Waals surface area contributed by atoms with E-state index in [-0.39, 0.29) is 24.4 Å². The van der Waals surface area contributed by atoms with Crippen molar-refractivity contribution in [2.24, 2.45) is 0 Å². The molecule has 0 unspecified atom stereocenters. The van der Waals surface area contributed by atoms with Gasteiger partial charge in [-0.2, -0.15) is 0 Å². The zero-order valence-electron chi connectivity index (χ0n) is 14.7. The first kappa shape index (κ1) is 21.6. The third kappa shape index (κ3) is 5.90. The van der Waals surface area contributed by atoms with Gasteiger partial charge in [0.1, 0.15) is 4.21 Å². The van der Waals surface area contributed by atoms with Crippen LogP contribution in [0.4, 0.5) is 0 Å². The average molecular weight is 423 g/mol. The quantitative estimate of drug-likeness (QED) is 0.706. The minimum atomic E-state index is -3.39. The van der Waals surface area contributed by atoms with Gasteiger partial charge in [-0.25, -0.2) is 13.1 Å². The number of rotatable bonds is 6. The average Bonchev–Trinajstić information content (AvgIpc) is 3.17. The Labute approximate surface area is 165 Å². The van der Waals surface area contributed by atoms with Crippen LogP contribution in [-0.4, -0.2) is 76.0 Å². The van der Waals surface area contributed by atoms with Crippen molar-refractivity contribution in [2.75, 3.05) is 45.8 Å². The Morgan fingerprint density at radius 3 is 2.54 bits per heavy atom. The third-order valence-corrected chi connectivity index (χ3v) is 7.70. The predicted molar refractivity (Wildman–Crippen MR) is 105 cm³/mol. The maximum atomic E-state index is 12.3. The van der Waals surface area contributed by atoms with E-state index in [1.807, 2.05) is 4.90 Å². The monoisotopic (exact) mass is 422 g/mol. The summed E-state index contributed by atoms with van der Waals surface area (Å²) in [6, 6.07) is 3.36. The van der Waals surface area contributed by atoms with Crippen LogP contribution >= 0.6 is 23.7 Å². The van der Waals surface area contributed by atoms with Crippen LogP contribution < -0.4 is 10.0 Å². The molecule has 0 spiro atoms. The SMILES string of the molecule is Cl.O=C(CCN1CCC(NS(=O)(=O)c2cccs2)CC1)N1CCNCC1. The van der Waals surface area contributed by atoms with Gasteiger partial charge in [-0.15, -0.1) is 23.7 Å². The van der Waals surface area contributed by atoms with E-state index < -0.39 is 10.0 Å². The molecule has 148 valence electrons. The van der Waals surface area contributed by atoms with E-state index in [0.717, 1.165) is 58.7 Å². The van der Waals surface area contributed by atoms with Gasteiger partial charge in [0.2, 0.25) is 15.9 Å². The molecular formula is C16H27ClN4O3S2. The van der Waals surface area contributed by atoms with Crippen molar-refractivity contribution in [2.45, 2.75) is 29.5 Å². The summed E-state index contributed by atoms with van der Waals surface area (Å²) in [5, 5.41) is 5.02. The summed E-state index contributed by atoms with van der Waals surface area (Å²) in [5.74, 6) is 0.224. The molecule has 1 amide bonds. The number of carbonyl (C=O) groups excluding carboxylic acids is 1. The van der Waals surface area contributed by atoms with Gasteiger partial charge in [-0.1, -0.05) is 6.07 Å². The van der Waals surface area contributed by atoms with Crippen LogP contribution in [0.15, 0.2) is 21.7 Å². The fourth-order valence-corrected chi connectivity index (χ4v) is 5.61. The van der Waals surface area contributed by atoms with Crippen LogP contribution in [0.5, 0.6) is 0 Å². The number of nitrogens with one attached hydrogen (secondary N) is 2. The molecule has 0 radical (unpaired) electrons. The van der Waals surface area contributed by atoms with Gasteiger partial charge >= 0.3 is 0 Å². The second kappa shape index (κ2) is 10.0. The minimum absolute atomic E-state index is 0. The highest BCUT2D eigenvalue weighted by molar-refractivity contribution is 7.91. The zero-order chi connectivity index (χ0) is 17.7. The molecule has 0 saturated carbocycles. The van der Waals surface area contributed by atoms with E-state index in [4.69, 9.17) is 0 Å². The lowest BCUT2D eigenvalue weighted by atomic mass is 10.1. The van der Waals surface area contributed by atoms with Crippen molar-refractivity contribution in [3.63, 3.8) is 0 Å².